The van der Waals surface area contributed by atoms with Crippen molar-refractivity contribution in [1.29, 1.82) is 0 Å². The van der Waals surface area contributed by atoms with Crippen LogP contribution >= 0.6 is 0 Å². The number of nitrogens with zero attached hydrogens (tertiary/aromatic N) is 2. The number of hydrogen-bond donors (Lipinski definition) is 1. The third kappa shape index (κ3) is 3.63. The van der Waals surface area contributed by atoms with Crippen molar-refractivity contribution in [1.82, 2.24) is 9.80 Å². The smallest absolute Gasteiger partial charge is 0.0494 e. The number of aliphatic hydroxyl groups is 1. The summed E-state index contributed by atoms with van der Waals surface area (Å²) in [7, 11) is 2.16. The average Bonchev–Trinajstić information content (AvgIpc) is 2.09. The van der Waals surface area contributed by atoms with E-state index in [1.54, 1.807) is 0 Å². The molecule has 1 aliphatic rings. The summed E-state index contributed by atoms with van der Waals surface area (Å²) in [5.41, 5.74) is 0.0515. The standard InChI is InChI=1S/C10H22N2O/c1-10(2,9-13)8-12-6-4-11(3)5-7-12/h13H,4-9H2,1-3H3. The summed E-state index contributed by atoms with van der Waals surface area (Å²) in [6.45, 7) is 10.1. The fraction of sp³-hybridized carbons (Fsp3) is 1.00. The van der Waals surface area contributed by atoms with Crippen LogP contribution in [-0.2, 0) is 0 Å². The number of hydrogen-bond acceptors (Lipinski definition) is 3. The maximum atomic E-state index is 9.14. The first-order valence-corrected chi connectivity index (χ1v) is 5.05. The van der Waals surface area contributed by atoms with Gasteiger partial charge in [0.1, 0.15) is 0 Å². The van der Waals surface area contributed by atoms with E-state index in [0.717, 1.165) is 32.7 Å². The second kappa shape index (κ2) is 4.40. The molecule has 1 N–H and O–H groups in total. The van der Waals surface area contributed by atoms with Crippen LogP contribution in [0.3, 0.4) is 0 Å². The second-order valence-corrected chi connectivity index (χ2v) is 4.90. The van der Waals surface area contributed by atoms with Crippen LogP contribution in [0.5, 0.6) is 0 Å². The lowest BCUT2D eigenvalue weighted by Crippen LogP contribution is -2.48. The Balaban J connectivity index is 2.30. The van der Waals surface area contributed by atoms with E-state index in [1.165, 1.54) is 0 Å². The van der Waals surface area contributed by atoms with Crippen LogP contribution in [0, 0.1) is 5.41 Å². The van der Waals surface area contributed by atoms with Crippen molar-refractivity contribution in [2.75, 3.05) is 46.4 Å². The van der Waals surface area contributed by atoms with Crippen LogP contribution < -0.4 is 0 Å². The van der Waals surface area contributed by atoms with Gasteiger partial charge in [-0.15, -0.1) is 0 Å². The van der Waals surface area contributed by atoms with Gasteiger partial charge in [-0.1, -0.05) is 13.8 Å². The topological polar surface area (TPSA) is 26.7 Å². The van der Waals surface area contributed by atoms with Crippen LogP contribution in [-0.4, -0.2) is 61.3 Å². The van der Waals surface area contributed by atoms with E-state index >= 15 is 0 Å². The van der Waals surface area contributed by atoms with Crippen molar-refractivity contribution < 1.29 is 5.11 Å². The molecule has 1 aliphatic heterocycles. The van der Waals surface area contributed by atoms with E-state index in [0.29, 0.717) is 0 Å². The van der Waals surface area contributed by atoms with E-state index in [4.69, 9.17) is 5.11 Å². The largest absolute Gasteiger partial charge is 0.396 e. The van der Waals surface area contributed by atoms with Crippen LogP contribution in [0.15, 0.2) is 0 Å². The van der Waals surface area contributed by atoms with Crippen molar-refractivity contribution >= 4 is 0 Å². The first kappa shape index (κ1) is 11.0. The van der Waals surface area contributed by atoms with Crippen molar-refractivity contribution in [2.24, 2.45) is 5.41 Å². The van der Waals surface area contributed by atoms with Gasteiger partial charge in [0.15, 0.2) is 0 Å². The Morgan fingerprint density at radius 3 is 2.15 bits per heavy atom. The summed E-state index contributed by atoms with van der Waals surface area (Å²) in [5, 5.41) is 9.14. The highest BCUT2D eigenvalue weighted by Crippen LogP contribution is 2.16. The molecule has 0 amide bonds. The Labute approximate surface area is 81.3 Å². The second-order valence-electron chi connectivity index (χ2n) is 4.90. The van der Waals surface area contributed by atoms with Crippen molar-refractivity contribution in [2.45, 2.75) is 13.8 Å². The quantitative estimate of drug-likeness (QED) is 0.684. The van der Waals surface area contributed by atoms with Gasteiger partial charge in [-0.05, 0) is 7.05 Å². The molecule has 0 aromatic rings. The van der Waals surface area contributed by atoms with E-state index < -0.39 is 0 Å². The maximum absolute atomic E-state index is 9.14. The average molecular weight is 186 g/mol. The Hall–Kier alpha value is -0.120. The van der Waals surface area contributed by atoms with Crippen molar-refractivity contribution in [3.05, 3.63) is 0 Å². The monoisotopic (exact) mass is 186 g/mol. The number of likely N-dealkylation sites (N-methyl/N-ethyl adjacent to an activating group) is 1. The minimum atomic E-state index is 0.0515. The molecule has 0 radical (unpaired) electrons. The maximum Gasteiger partial charge on any atom is 0.0494 e. The molecule has 13 heavy (non-hydrogen) atoms. The lowest BCUT2D eigenvalue weighted by molar-refractivity contribution is 0.0735. The van der Waals surface area contributed by atoms with Crippen LogP contribution in [0.25, 0.3) is 0 Å². The molecule has 0 aromatic carbocycles. The lowest BCUT2D eigenvalue weighted by Gasteiger charge is -2.36. The van der Waals surface area contributed by atoms with Gasteiger partial charge < -0.3 is 14.9 Å². The molecule has 1 rings (SSSR count). The van der Waals surface area contributed by atoms with Gasteiger partial charge >= 0.3 is 0 Å². The Kier molecular flexibility index (Phi) is 3.71. The molecule has 0 saturated carbocycles. The van der Waals surface area contributed by atoms with Crippen LogP contribution in [0.4, 0.5) is 0 Å². The summed E-state index contributed by atoms with van der Waals surface area (Å²) in [4.78, 5) is 4.79. The number of aliphatic hydroxyl groups excluding tert-OH is 1. The molecule has 0 aliphatic carbocycles. The third-order valence-corrected chi connectivity index (χ3v) is 2.68. The predicted molar refractivity (Wildman–Crippen MR) is 54.8 cm³/mol. The number of rotatable bonds is 3. The van der Waals surface area contributed by atoms with Gasteiger partial charge in [0, 0.05) is 44.7 Å². The third-order valence-electron chi connectivity index (χ3n) is 2.68. The Morgan fingerprint density at radius 2 is 1.69 bits per heavy atom. The molecular weight excluding hydrogens is 164 g/mol. The molecular formula is C10H22N2O. The zero-order valence-electron chi connectivity index (χ0n) is 9.08. The van der Waals surface area contributed by atoms with Gasteiger partial charge in [0.2, 0.25) is 0 Å². The molecule has 1 heterocycles. The minimum Gasteiger partial charge on any atom is -0.396 e. The van der Waals surface area contributed by atoms with E-state index in [-0.39, 0.29) is 12.0 Å². The van der Waals surface area contributed by atoms with Crippen molar-refractivity contribution in [3.8, 4) is 0 Å². The summed E-state index contributed by atoms with van der Waals surface area (Å²) in [6.07, 6.45) is 0. The molecule has 0 unspecified atom stereocenters. The Bertz CT molecular complexity index is 151. The van der Waals surface area contributed by atoms with Crippen molar-refractivity contribution in [3.63, 3.8) is 0 Å². The predicted octanol–water partition coefficient (Wildman–Crippen LogP) is 0.252. The lowest BCUT2D eigenvalue weighted by atomic mass is 9.94. The Morgan fingerprint density at radius 1 is 1.15 bits per heavy atom. The molecule has 78 valence electrons. The highest BCUT2D eigenvalue weighted by Gasteiger charge is 2.22. The van der Waals surface area contributed by atoms with Gasteiger partial charge in [-0.2, -0.15) is 0 Å². The molecule has 0 aromatic heterocycles. The molecule has 3 nitrogen and oxygen atoms in total. The van der Waals surface area contributed by atoms with E-state index in [1.807, 2.05) is 0 Å². The molecule has 1 fully saturated rings. The van der Waals surface area contributed by atoms with Gasteiger partial charge in [-0.3, -0.25) is 0 Å². The minimum absolute atomic E-state index is 0.0515. The summed E-state index contributed by atoms with van der Waals surface area (Å²) < 4.78 is 0. The highest BCUT2D eigenvalue weighted by molar-refractivity contribution is 4.76. The van der Waals surface area contributed by atoms with Gasteiger partial charge in [0.05, 0.1) is 0 Å². The zero-order valence-corrected chi connectivity index (χ0v) is 9.08. The molecule has 0 spiro atoms. The first-order chi connectivity index (χ1) is 6.03. The van der Waals surface area contributed by atoms with Crippen LogP contribution in [0.2, 0.25) is 0 Å². The molecule has 3 heteroatoms. The summed E-state index contributed by atoms with van der Waals surface area (Å²) in [5.74, 6) is 0. The summed E-state index contributed by atoms with van der Waals surface area (Å²) in [6, 6.07) is 0. The zero-order chi connectivity index (χ0) is 9.90. The first-order valence-electron chi connectivity index (χ1n) is 5.05. The van der Waals surface area contributed by atoms with Gasteiger partial charge in [0.25, 0.3) is 0 Å². The van der Waals surface area contributed by atoms with E-state index in [9.17, 15) is 0 Å². The van der Waals surface area contributed by atoms with E-state index in [2.05, 4.69) is 30.7 Å². The summed E-state index contributed by atoms with van der Waals surface area (Å²) >= 11 is 0. The normalized spacial score (nSPS) is 22.2. The SMILES string of the molecule is CN1CCN(CC(C)(C)CO)CC1. The van der Waals surface area contributed by atoms with Crippen LogP contribution in [0.1, 0.15) is 13.8 Å². The van der Waals surface area contributed by atoms with Gasteiger partial charge in [-0.25, -0.2) is 0 Å². The highest BCUT2D eigenvalue weighted by atomic mass is 16.3. The fourth-order valence-corrected chi connectivity index (χ4v) is 1.66. The molecule has 1 saturated heterocycles. The molecule has 0 atom stereocenters. The number of piperazine rings is 1. The fourth-order valence-electron chi connectivity index (χ4n) is 1.66. The molecule has 0 bridgehead atoms.